The Morgan fingerprint density at radius 3 is 2.43 bits per heavy atom. The van der Waals surface area contributed by atoms with Gasteiger partial charge in [-0.3, -0.25) is 4.79 Å². The molecule has 0 unspecified atom stereocenters. The Hall–Kier alpha value is -2.82. The first-order chi connectivity index (χ1) is 13.3. The summed E-state index contributed by atoms with van der Waals surface area (Å²) in [4.78, 5) is 29.2. The summed E-state index contributed by atoms with van der Waals surface area (Å²) in [5.74, 6) is -0.359. The maximum atomic E-state index is 12.9. The molecule has 5 heteroatoms. The van der Waals surface area contributed by atoms with Crippen molar-refractivity contribution in [3.05, 3.63) is 59.7 Å². The zero-order chi connectivity index (χ0) is 20.3. The van der Waals surface area contributed by atoms with E-state index in [1.165, 1.54) is 0 Å². The van der Waals surface area contributed by atoms with Gasteiger partial charge in [0.1, 0.15) is 5.60 Å². The average Bonchev–Trinajstić information content (AvgIpc) is 3.06. The fourth-order valence-corrected chi connectivity index (χ4v) is 3.45. The topological polar surface area (TPSA) is 49.9 Å². The SMILES string of the molecule is CN(Cc1ccccc1)c1cccc(C(=O)OC(C)(C)C)c1N1CCCC1=O. The lowest BCUT2D eigenvalue weighted by molar-refractivity contribution is -0.117. The highest BCUT2D eigenvalue weighted by Gasteiger charge is 2.31. The van der Waals surface area contributed by atoms with Gasteiger partial charge in [0.15, 0.2) is 0 Å². The number of esters is 1. The second kappa shape index (κ2) is 8.05. The van der Waals surface area contributed by atoms with Crippen molar-refractivity contribution >= 4 is 23.3 Å². The first kappa shape index (κ1) is 19.9. The lowest BCUT2D eigenvalue weighted by Crippen LogP contribution is -2.31. The molecule has 0 radical (unpaired) electrons. The molecule has 148 valence electrons. The van der Waals surface area contributed by atoms with Crippen molar-refractivity contribution in [3.8, 4) is 0 Å². The van der Waals surface area contributed by atoms with Gasteiger partial charge in [0, 0.05) is 26.6 Å². The monoisotopic (exact) mass is 380 g/mol. The van der Waals surface area contributed by atoms with E-state index < -0.39 is 11.6 Å². The third-order valence-electron chi connectivity index (χ3n) is 4.65. The van der Waals surface area contributed by atoms with Crippen LogP contribution in [0.2, 0.25) is 0 Å². The Kier molecular flexibility index (Phi) is 5.73. The number of benzene rings is 2. The van der Waals surface area contributed by atoms with Crippen LogP contribution in [0.4, 0.5) is 11.4 Å². The largest absolute Gasteiger partial charge is 0.456 e. The van der Waals surface area contributed by atoms with Crippen molar-refractivity contribution in [2.45, 2.75) is 45.8 Å². The number of ether oxygens (including phenoxy) is 1. The second-order valence-electron chi connectivity index (χ2n) is 8.17. The molecular formula is C23H28N2O3. The van der Waals surface area contributed by atoms with Gasteiger partial charge in [0.05, 0.1) is 16.9 Å². The molecule has 1 fully saturated rings. The molecule has 1 aliphatic rings. The summed E-state index contributed by atoms with van der Waals surface area (Å²) >= 11 is 0. The molecule has 2 aromatic carbocycles. The number of rotatable bonds is 5. The summed E-state index contributed by atoms with van der Waals surface area (Å²) in [5, 5.41) is 0. The average molecular weight is 380 g/mol. The van der Waals surface area contributed by atoms with E-state index in [0.29, 0.717) is 30.8 Å². The van der Waals surface area contributed by atoms with E-state index in [9.17, 15) is 9.59 Å². The summed E-state index contributed by atoms with van der Waals surface area (Å²) < 4.78 is 5.62. The second-order valence-corrected chi connectivity index (χ2v) is 8.17. The van der Waals surface area contributed by atoms with Crippen LogP contribution in [0.1, 0.15) is 49.5 Å². The van der Waals surface area contributed by atoms with Crippen LogP contribution in [0.5, 0.6) is 0 Å². The molecule has 3 rings (SSSR count). The number of amides is 1. The zero-order valence-corrected chi connectivity index (χ0v) is 17.1. The Morgan fingerprint density at radius 1 is 1.11 bits per heavy atom. The molecule has 0 bridgehead atoms. The Bertz CT molecular complexity index is 856. The van der Waals surface area contributed by atoms with Crippen LogP contribution in [0.25, 0.3) is 0 Å². The molecule has 0 spiro atoms. The number of hydrogen-bond donors (Lipinski definition) is 0. The van der Waals surface area contributed by atoms with Gasteiger partial charge in [0.25, 0.3) is 0 Å². The highest BCUT2D eigenvalue weighted by molar-refractivity contribution is 6.07. The maximum Gasteiger partial charge on any atom is 0.340 e. The molecule has 1 aliphatic heterocycles. The molecule has 28 heavy (non-hydrogen) atoms. The molecular weight excluding hydrogens is 352 g/mol. The van der Waals surface area contributed by atoms with Crippen molar-refractivity contribution < 1.29 is 14.3 Å². The fourth-order valence-electron chi connectivity index (χ4n) is 3.45. The minimum atomic E-state index is -0.602. The number of hydrogen-bond acceptors (Lipinski definition) is 4. The highest BCUT2D eigenvalue weighted by atomic mass is 16.6. The van der Waals surface area contributed by atoms with E-state index >= 15 is 0 Å². The molecule has 2 aromatic rings. The van der Waals surface area contributed by atoms with Gasteiger partial charge >= 0.3 is 5.97 Å². The molecule has 0 aliphatic carbocycles. The minimum Gasteiger partial charge on any atom is -0.456 e. The number of para-hydroxylation sites is 1. The van der Waals surface area contributed by atoms with E-state index in [0.717, 1.165) is 17.7 Å². The van der Waals surface area contributed by atoms with Gasteiger partial charge in [-0.2, -0.15) is 0 Å². The fraction of sp³-hybridized carbons (Fsp3) is 0.391. The van der Waals surface area contributed by atoms with Crippen LogP contribution in [0.15, 0.2) is 48.5 Å². The summed E-state index contributed by atoms with van der Waals surface area (Å²) in [5.41, 5.74) is 2.49. The third-order valence-corrected chi connectivity index (χ3v) is 4.65. The van der Waals surface area contributed by atoms with Gasteiger partial charge in [-0.1, -0.05) is 36.4 Å². The molecule has 0 N–H and O–H groups in total. The third kappa shape index (κ3) is 4.53. The lowest BCUT2D eigenvalue weighted by atomic mass is 10.1. The number of nitrogens with zero attached hydrogens (tertiary/aromatic N) is 2. The van der Waals surface area contributed by atoms with Crippen LogP contribution in [-0.4, -0.2) is 31.1 Å². The smallest absolute Gasteiger partial charge is 0.340 e. The Labute approximate surface area is 166 Å². The van der Waals surface area contributed by atoms with Crippen LogP contribution < -0.4 is 9.80 Å². The molecule has 1 heterocycles. The summed E-state index contributed by atoms with van der Waals surface area (Å²) in [7, 11) is 1.98. The van der Waals surface area contributed by atoms with Gasteiger partial charge in [0.2, 0.25) is 5.91 Å². The van der Waals surface area contributed by atoms with Crippen molar-refractivity contribution in [3.63, 3.8) is 0 Å². The van der Waals surface area contributed by atoms with E-state index in [-0.39, 0.29) is 5.91 Å². The zero-order valence-electron chi connectivity index (χ0n) is 17.1. The van der Waals surface area contributed by atoms with Crippen molar-refractivity contribution in [1.29, 1.82) is 0 Å². The van der Waals surface area contributed by atoms with Crippen molar-refractivity contribution in [2.75, 3.05) is 23.4 Å². The maximum absolute atomic E-state index is 12.9. The molecule has 0 aromatic heterocycles. The lowest BCUT2D eigenvalue weighted by Gasteiger charge is -2.29. The number of carbonyl (C=O) groups is 2. The van der Waals surface area contributed by atoms with E-state index in [1.807, 2.05) is 58.2 Å². The number of anilines is 2. The summed E-state index contributed by atoms with van der Waals surface area (Å²) in [6.07, 6.45) is 1.30. The van der Waals surface area contributed by atoms with Crippen LogP contribution >= 0.6 is 0 Å². The van der Waals surface area contributed by atoms with E-state index in [1.54, 1.807) is 11.0 Å². The van der Waals surface area contributed by atoms with Crippen LogP contribution in [-0.2, 0) is 16.1 Å². The van der Waals surface area contributed by atoms with Gasteiger partial charge in [-0.15, -0.1) is 0 Å². The molecule has 0 saturated carbocycles. The Morgan fingerprint density at radius 2 is 1.82 bits per heavy atom. The first-order valence-electron chi connectivity index (χ1n) is 9.68. The summed E-state index contributed by atoms with van der Waals surface area (Å²) in [6.45, 7) is 6.82. The van der Waals surface area contributed by atoms with Crippen molar-refractivity contribution in [2.24, 2.45) is 0 Å². The molecule has 0 atom stereocenters. The summed E-state index contributed by atoms with van der Waals surface area (Å²) in [6, 6.07) is 15.7. The molecule has 1 amide bonds. The molecule has 5 nitrogen and oxygen atoms in total. The van der Waals surface area contributed by atoms with E-state index in [2.05, 4.69) is 17.0 Å². The van der Waals surface area contributed by atoms with Crippen LogP contribution in [0.3, 0.4) is 0 Å². The van der Waals surface area contributed by atoms with Crippen molar-refractivity contribution in [1.82, 2.24) is 0 Å². The van der Waals surface area contributed by atoms with Gasteiger partial charge in [-0.25, -0.2) is 4.79 Å². The molecule has 1 saturated heterocycles. The predicted octanol–water partition coefficient (Wildman–Crippen LogP) is 4.41. The Balaban J connectivity index is 2.02. The normalized spacial score (nSPS) is 14.3. The quantitative estimate of drug-likeness (QED) is 0.721. The van der Waals surface area contributed by atoms with E-state index in [4.69, 9.17) is 4.74 Å². The van der Waals surface area contributed by atoms with Gasteiger partial charge in [-0.05, 0) is 44.9 Å². The standard InChI is InChI=1S/C23H28N2O3/c1-23(2,3)28-22(27)18-12-8-13-19(21(18)25-15-9-14-20(25)26)24(4)16-17-10-6-5-7-11-17/h5-8,10-13H,9,14-16H2,1-4H3. The first-order valence-corrected chi connectivity index (χ1v) is 9.68. The van der Waals surface area contributed by atoms with Crippen LogP contribution in [0, 0.1) is 0 Å². The highest BCUT2D eigenvalue weighted by Crippen LogP contribution is 2.37. The van der Waals surface area contributed by atoms with Gasteiger partial charge < -0.3 is 14.5 Å². The minimum absolute atomic E-state index is 0.0466. The number of carbonyl (C=O) groups excluding carboxylic acids is 2. The predicted molar refractivity (Wildman–Crippen MR) is 112 cm³/mol.